The topological polar surface area (TPSA) is 373 Å². The van der Waals surface area contributed by atoms with Crippen molar-refractivity contribution >= 4 is 17.8 Å². The van der Waals surface area contributed by atoms with Crippen molar-refractivity contribution in [3.8, 4) is 0 Å². The highest BCUT2D eigenvalue weighted by Crippen LogP contribution is 2.38. The van der Waals surface area contributed by atoms with E-state index in [1.54, 1.807) is 6.08 Å². The first-order valence-corrected chi connectivity index (χ1v) is 28.1. The van der Waals surface area contributed by atoms with Gasteiger partial charge in [0.1, 0.15) is 67.1 Å². The van der Waals surface area contributed by atoms with E-state index < -0.39 is 155 Å². The molecular weight excluding hydrogens is 1000 g/mol. The predicted octanol–water partition coefficient (Wildman–Crippen LogP) is 0.825. The maximum absolute atomic E-state index is 13.2. The van der Waals surface area contributed by atoms with Crippen LogP contribution in [0.25, 0.3) is 0 Å². The highest BCUT2D eigenvalue weighted by Gasteiger charge is 2.60. The number of carboxylic acids is 1. The maximum atomic E-state index is 13.2. The molecule has 3 rings (SSSR count). The van der Waals surface area contributed by atoms with Crippen molar-refractivity contribution in [3.05, 3.63) is 12.2 Å². The molecule has 2 unspecified atom stereocenters. The van der Waals surface area contributed by atoms with Gasteiger partial charge in [0.2, 0.25) is 11.8 Å². The van der Waals surface area contributed by atoms with Crippen molar-refractivity contribution in [2.24, 2.45) is 0 Å². The van der Waals surface area contributed by atoms with Crippen LogP contribution in [0.5, 0.6) is 0 Å². The summed E-state index contributed by atoms with van der Waals surface area (Å²) in [5.41, 5.74) is 0. The van der Waals surface area contributed by atoms with Crippen LogP contribution < -0.4 is 10.6 Å². The van der Waals surface area contributed by atoms with E-state index in [0.29, 0.717) is 12.8 Å². The number of nitrogens with one attached hydrogen (secondary N) is 2. The fraction of sp³-hybridized carbons (Fsp3) is 0.906. The Kier molecular flexibility index (Phi) is 32.7. The van der Waals surface area contributed by atoms with Gasteiger partial charge in [-0.25, -0.2) is 4.79 Å². The number of allylic oxidation sites excluding steroid dienone is 1. The zero-order chi connectivity index (χ0) is 56.2. The van der Waals surface area contributed by atoms with Crippen molar-refractivity contribution in [3.63, 3.8) is 0 Å². The fourth-order valence-corrected chi connectivity index (χ4v) is 9.88. The molecule has 0 aromatic heterocycles. The van der Waals surface area contributed by atoms with Crippen LogP contribution in [-0.4, -0.2) is 215 Å². The summed E-state index contributed by atoms with van der Waals surface area (Å²) in [5.74, 6) is -6.15. The minimum Gasteiger partial charge on any atom is -0.477 e. The van der Waals surface area contributed by atoms with Gasteiger partial charge in [-0.15, -0.1) is 0 Å². The summed E-state index contributed by atoms with van der Waals surface area (Å²) in [5, 5.41) is 135. The van der Waals surface area contributed by atoms with Crippen LogP contribution in [-0.2, 0) is 42.8 Å². The zero-order valence-electron chi connectivity index (χ0n) is 45.1. The second-order valence-corrected chi connectivity index (χ2v) is 20.8. The molecule has 0 saturated carbocycles. The lowest BCUT2D eigenvalue weighted by Crippen LogP contribution is -2.70. The number of aliphatic carboxylic acids is 1. The first-order chi connectivity index (χ1) is 36.4. The Bertz CT molecular complexity index is 1630. The number of aliphatic hydroxyl groups excluding tert-OH is 11. The van der Waals surface area contributed by atoms with Crippen LogP contribution >= 0.6 is 0 Å². The van der Waals surface area contributed by atoms with E-state index in [2.05, 4.69) is 24.5 Å². The lowest BCUT2D eigenvalue weighted by atomic mass is 9.88. The van der Waals surface area contributed by atoms with Gasteiger partial charge in [-0.2, -0.15) is 0 Å². The summed E-state index contributed by atoms with van der Waals surface area (Å²) < 4.78 is 34.5. The third-order valence-electron chi connectivity index (χ3n) is 14.5. The Morgan fingerprint density at radius 1 is 0.684 bits per heavy atom. The molecule has 18 atom stereocenters. The Morgan fingerprint density at radius 2 is 1.22 bits per heavy atom. The number of unbranched alkanes of at least 4 members (excludes halogenated alkanes) is 19. The van der Waals surface area contributed by atoms with Crippen molar-refractivity contribution in [1.82, 2.24) is 10.6 Å². The summed E-state index contributed by atoms with van der Waals surface area (Å²) in [7, 11) is 0. The molecule has 23 heteroatoms. The molecule has 3 saturated heterocycles. The molecule has 23 nitrogen and oxygen atoms in total. The molecular formula is C53H96N2O21. The van der Waals surface area contributed by atoms with Gasteiger partial charge in [0.05, 0.1) is 50.7 Å². The Labute approximate surface area is 448 Å². The molecule has 3 aliphatic rings. The molecule has 0 aromatic rings. The number of carboxylic acid groups (broad SMARTS) is 1. The standard InChI is InChI=1S/C53H96N2O21/c1-4-6-8-10-12-14-15-16-17-19-20-22-24-26-35(60)34(55-40(63)27-25-23-21-18-13-11-9-7-5-2)32-71-50-45(67)44(66)47(39(31-58)73-50)74-51-46(68)49(43(65)38(30-57)72-51)76-53(52(69)70)28-36(61)41(54-33(3)59)48(75-53)42(64)37(62)29-56/h24,26,34-39,41-51,56-58,60-62,64-68H,4-23,25,27-32H2,1-3H3,(H,54,59)(H,55,63)(H,69,70)/t34-,35+,36-,37+,38+,39+,41+,42+,43-,44+,45?,46+,47+,48?,49-,50+,51-,53-/m0/s1. The van der Waals surface area contributed by atoms with Gasteiger partial charge in [0.25, 0.3) is 5.79 Å². The number of rotatable bonds is 39. The third-order valence-corrected chi connectivity index (χ3v) is 14.5. The van der Waals surface area contributed by atoms with Gasteiger partial charge in [-0.05, 0) is 19.3 Å². The van der Waals surface area contributed by atoms with Crippen molar-refractivity contribution in [2.45, 2.75) is 278 Å². The Morgan fingerprint density at radius 3 is 1.75 bits per heavy atom. The molecule has 3 heterocycles. The largest absolute Gasteiger partial charge is 0.477 e. The highest BCUT2D eigenvalue weighted by atomic mass is 16.8. The van der Waals surface area contributed by atoms with E-state index in [4.69, 9.17) is 28.4 Å². The lowest BCUT2D eigenvalue weighted by molar-refractivity contribution is -0.386. The number of ether oxygens (including phenoxy) is 6. The molecule has 444 valence electrons. The Balaban J connectivity index is 1.72. The van der Waals surface area contributed by atoms with E-state index in [1.807, 2.05) is 6.08 Å². The van der Waals surface area contributed by atoms with E-state index in [1.165, 1.54) is 77.0 Å². The van der Waals surface area contributed by atoms with Crippen LogP contribution in [0.1, 0.15) is 168 Å². The number of carbonyl (C=O) groups excluding carboxylic acids is 2. The maximum Gasteiger partial charge on any atom is 0.364 e. The van der Waals surface area contributed by atoms with Gasteiger partial charge >= 0.3 is 5.97 Å². The van der Waals surface area contributed by atoms with Gasteiger partial charge in [-0.1, -0.05) is 142 Å². The molecule has 0 bridgehead atoms. The lowest BCUT2D eigenvalue weighted by Gasteiger charge is -2.50. The van der Waals surface area contributed by atoms with E-state index in [0.717, 1.165) is 51.9 Å². The summed E-state index contributed by atoms with van der Waals surface area (Å²) in [6.07, 6.45) is -2.53. The number of aliphatic hydroxyl groups is 11. The number of amides is 2. The molecule has 0 spiro atoms. The van der Waals surface area contributed by atoms with Crippen LogP contribution in [0, 0.1) is 0 Å². The summed E-state index contributed by atoms with van der Waals surface area (Å²) in [6.45, 7) is 2.03. The van der Waals surface area contributed by atoms with Gasteiger partial charge in [0, 0.05) is 19.8 Å². The first kappa shape index (κ1) is 67.7. The van der Waals surface area contributed by atoms with Gasteiger partial charge in [-0.3, -0.25) is 9.59 Å². The van der Waals surface area contributed by atoms with Gasteiger partial charge < -0.3 is 100 Å². The van der Waals surface area contributed by atoms with Crippen LogP contribution in [0.15, 0.2) is 12.2 Å². The van der Waals surface area contributed by atoms with E-state index in [9.17, 15) is 75.7 Å². The summed E-state index contributed by atoms with van der Waals surface area (Å²) in [6, 6.07) is -2.61. The minimum absolute atomic E-state index is 0.202. The molecule has 3 aliphatic heterocycles. The number of hydrogen-bond acceptors (Lipinski definition) is 20. The normalized spacial score (nSPS) is 31.7. The molecule has 2 amide bonds. The smallest absolute Gasteiger partial charge is 0.364 e. The first-order valence-electron chi connectivity index (χ1n) is 28.1. The van der Waals surface area contributed by atoms with E-state index >= 15 is 0 Å². The van der Waals surface area contributed by atoms with E-state index in [-0.39, 0.29) is 12.3 Å². The highest BCUT2D eigenvalue weighted by molar-refractivity contribution is 5.77. The SMILES string of the molecule is CCCCCCCCCCCCCC=C[C@@H](O)[C@H](CO[C@@H]1O[C@H](CO)[C@@H](O[C@@H]2O[C@H](CO)[C@H](O)[C@H](O[C@]3(C(=O)O)C[C@H](O)[C@@H](NC(C)=O)C([C@H](O)[C@H](O)CO)O3)[C@H]2O)[C@H](O)C1O)NC(=O)CCCCCCCCCCC. The zero-order valence-corrected chi connectivity index (χ0v) is 45.1. The molecule has 0 aliphatic carbocycles. The monoisotopic (exact) mass is 1100 g/mol. The fourth-order valence-electron chi connectivity index (χ4n) is 9.88. The van der Waals surface area contributed by atoms with Crippen LogP contribution in [0.3, 0.4) is 0 Å². The molecule has 0 aromatic carbocycles. The Hall–Kier alpha value is -2.53. The molecule has 0 radical (unpaired) electrons. The molecule has 76 heavy (non-hydrogen) atoms. The van der Waals surface area contributed by atoms with Crippen molar-refractivity contribution in [1.29, 1.82) is 0 Å². The average molecular weight is 1100 g/mol. The van der Waals surface area contributed by atoms with Crippen molar-refractivity contribution < 1.29 is 104 Å². The predicted molar refractivity (Wildman–Crippen MR) is 274 cm³/mol. The third kappa shape index (κ3) is 21.8. The van der Waals surface area contributed by atoms with Crippen LogP contribution in [0.4, 0.5) is 0 Å². The quantitative estimate of drug-likeness (QED) is 0.0299. The van der Waals surface area contributed by atoms with Gasteiger partial charge in [0.15, 0.2) is 12.6 Å². The minimum atomic E-state index is -3.08. The summed E-state index contributed by atoms with van der Waals surface area (Å²) >= 11 is 0. The summed E-state index contributed by atoms with van der Waals surface area (Å²) in [4.78, 5) is 38.2. The molecule has 3 fully saturated rings. The average Bonchev–Trinajstić information content (AvgIpc) is 3.39. The van der Waals surface area contributed by atoms with Crippen LogP contribution in [0.2, 0.25) is 0 Å². The van der Waals surface area contributed by atoms with Crippen molar-refractivity contribution in [2.75, 3.05) is 26.4 Å². The number of hydrogen-bond donors (Lipinski definition) is 14. The molecule has 14 N–H and O–H groups in total. The second kappa shape index (κ2) is 36.7. The second-order valence-electron chi connectivity index (χ2n) is 20.8. The number of carbonyl (C=O) groups is 3.